The number of ether oxygens (including phenoxy) is 1. The van der Waals surface area contributed by atoms with Crippen LogP contribution in [0.1, 0.15) is 24.0 Å². The van der Waals surface area contributed by atoms with E-state index in [1.165, 1.54) is 0 Å². The van der Waals surface area contributed by atoms with E-state index in [0.29, 0.717) is 6.54 Å². The Kier molecular flexibility index (Phi) is 7.06. The van der Waals surface area contributed by atoms with Gasteiger partial charge in [0.25, 0.3) is 0 Å². The molecule has 3 rings (SSSR count). The van der Waals surface area contributed by atoms with Gasteiger partial charge in [-0.25, -0.2) is 0 Å². The lowest BCUT2D eigenvalue weighted by Gasteiger charge is -2.32. The number of carbonyl (C=O) groups is 1. The van der Waals surface area contributed by atoms with Crippen molar-refractivity contribution in [1.29, 1.82) is 0 Å². The summed E-state index contributed by atoms with van der Waals surface area (Å²) in [4.78, 5) is 14.6. The molecule has 0 aromatic heterocycles. The van der Waals surface area contributed by atoms with Crippen molar-refractivity contribution in [3.8, 4) is 5.75 Å². The molecule has 1 aliphatic rings. The normalized spacial score (nSPS) is 16.5. The molecule has 1 aliphatic heterocycles. The van der Waals surface area contributed by atoms with Crippen LogP contribution in [0.5, 0.6) is 5.75 Å². The number of β-amino-alcohol motifs (C(OH)–C–C–N with tert-alkyl or cyclic N) is 1. The second kappa shape index (κ2) is 9.71. The van der Waals surface area contributed by atoms with Crippen molar-refractivity contribution in [2.75, 3.05) is 31.6 Å². The number of likely N-dealkylation sites (tertiary alicyclic amines) is 1. The molecule has 1 heterocycles. The van der Waals surface area contributed by atoms with Crippen LogP contribution in [-0.4, -0.2) is 48.3 Å². The summed E-state index contributed by atoms with van der Waals surface area (Å²) >= 11 is 0. The molecule has 150 valence electrons. The maximum atomic E-state index is 12.4. The van der Waals surface area contributed by atoms with Gasteiger partial charge >= 0.3 is 0 Å². The molecule has 1 amide bonds. The number of anilines is 1. The quantitative estimate of drug-likeness (QED) is 0.771. The number of nitrogens with one attached hydrogen (secondary N) is 1. The fraction of sp³-hybridized carbons (Fsp3) is 0.435. The number of aliphatic hydroxyl groups is 1. The van der Waals surface area contributed by atoms with Gasteiger partial charge in [0, 0.05) is 18.2 Å². The van der Waals surface area contributed by atoms with Crippen molar-refractivity contribution in [2.24, 2.45) is 5.92 Å². The molecule has 0 aliphatic carbocycles. The number of benzene rings is 2. The second-order valence-corrected chi connectivity index (χ2v) is 7.72. The third-order valence-corrected chi connectivity index (χ3v) is 5.11. The summed E-state index contributed by atoms with van der Waals surface area (Å²) in [6.45, 7) is 6.54. The molecular formula is C23H30N2O3. The minimum atomic E-state index is -0.546. The summed E-state index contributed by atoms with van der Waals surface area (Å²) in [6.07, 6.45) is 1.07. The number of hydrogen-bond donors (Lipinski definition) is 2. The van der Waals surface area contributed by atoms with E-state index < -0.39 is 6.10 Å². The van der Waals surface area contributed by atoms with Gasteiger partial charge in [0.15, 0.2) is 0 Å². The lowest BCUT2D eigenvalue weighted by atomic mass is 9.95. The molecule has 0 unspecified atom stereocenters. The zero-order valence-corrected chi connectivity index (χ0v) is 16.7. The van der Waals surface area contributed by atoms with E-state index in [2.05, 4.69) is 16.3 Å². The Hall–Kier alpha value is -2.37. The highest BCUT2D eigenvalue weighted by Crippen LogP contribution is 2.20. The molecule has 0 spiro atoms. The summed E-state index contributed by atoms with van der Waals surface area (Å²) < 4.78 is 5.76. The molecule has 5 heteroatoms. The van der Waals surface area contributed by atoms with Crippen LogP contribution < -0.4 is 10.1 Å². The van der Waals surface area contributed by atoms with Crippen LogP contribution >= 0.6 is 0 Å². The predicted molar refractivity (Wildman–Crippen MR) is 112 cm³/mol. The number of hydrogen-bond acceptors (Lipinski definition) is 4. The van der Waals surface area contributed by atoms with E-state index >= 15 is 0 Å². The largest absolute Gasteiger partial charge is 0.491 e. The highest BCUT2D eigenvalue weighted by molar-refractivity contribution is 5.92. The van der Waals surface area contributed by atoms with Crippen molar-refractivity contribution in [3.63, 3.8) is 0 Å². The molecule has 28 heavy (non-hydrogen) atoms. The van der Waals surface area contributed by atoms with Crippen molar-refractivity contribution < 1.29 is 14.6 Å². The fourth-order valence-electron chi connectivity index (χ4n) is 3.70. The molecule has 1 atom stereocenters. The van der Waals surface area contributed by atoms with E-state index in [0.717, 1.165) is 48.5 Å². The maximum absolute atomic E-state index is 12.4. The van der Waals surface area contributed by atoms with Crippen LogP contribution in [0.2, 0.25) is 0 Å². The highest BCUT2D eigenvalue weighted by Gasteiger charge is 2.26. The molecule has 0 bridgehead atoms. The first-order valence-corrected chi connectivity index (χ1v) is 9.97. The van der Waals surface area contributed by atoms with Gasteiger partial charge in [-0.05, 0) is 75.2 Å². The summed E-state index contributed by atoms with van der Waals surface area (Å²) in [5.74, 6) is 0.914. The molecule has 0 radical (unpaired) electrons. The first kappa shape index (κ1) is 20.4. The average Bonchev–Trinajstić information content (AvgIpc) is 2.67. The van der Waals surface area contributed by atoms with Gasteiger partial charge in [-0.1, -0.05) is 24.3 Å². The van der Waals surface area contributed by atoms with Crippen LogP contribution in [0, 0.1) is 19.8 Å². The van der Waals surface area contributed by atoms with Crippen LogP contribution in [0.4, 0.5) is 5.69 Å². The van der Waals surface area contributed by atoms with Gasteiger partial charge < -0.3 is 20.1 Å². The highest BCUT2D eigenvalue weighted by atomic mass is 16.5. The summed E-state index contributed by atoms with van der Waals surface area (Å²) in [6, 6.07) is 15.6. The van der Waals surface area contributed by atoms with Gasteiger partial charge in [-0.3, -0.25) is 4.79 Å². The van der Waals surface area contributed by atoms with Gasteiger partial charge in [0.05, 0.1) is 0 Å². The van der Waals surface area contributed by atoms with E-state index in [-0.39, 0.29) is 18.4 Å². The summed E-state index contributed by atoms with van der Waals surface area (Å²) in [7, 11) is 0. The van der Waals surface area contributed by atoms with Gasteiger partial charge in [0.1, 0.15) is 18.5 Å². The number of piperidine rings is 1. The first-order valence-electron chi connectivity index (χ1n) is 9.97. The molecular weight excluding hydrogens is 352 g/mol. The molecule has 2 aromatic carbocycles. The monoisotopic (exact) mass is 382 g/mol. The molecule has 2 aromatic rings. The molecule has 1 fully saturated rings. The molecule has 5 nitrogen and oxygen atoms in total. The number of carbonyl (C=O) groups excluding carboxylic acids is 1. The second-order valence-electron chi connectivity index (χ2n) is 7.72. The summed E-state index contributed by atoms with van der Waals surface area (Å²) in [5, 5.41) is 13.3. The zero-order valence-electron chi connectivity index (χ0n) is 16.7. The Labute approximate surface area is 167 Å². The van der Waals surface area contributed by atoms with Crippen molar-refractivity contribution in [2.45, 2.75) is 32.8 Å². The van der Waals surface area contributed by atoms with E-state index in [1.807, 2.05) is 56.3 Å². The number of aryl methyl sites for hydroxylation is 2. The number of rotatable bonds is 7. The topological polar surface area (TPSA) is 61.8 Å². The van der Waals surface area contributed by atoms with Crippen LogP contribution in [0.3, 0.4) is 0 Å². The Morgan fingerprint density at radius 2 is 1.79 bits per heavy atom. The van der Waals surface area contributed by atoms with E-state index in [4.69, 9.17) is 4.74 Å². The van der Waals surface area contributed by atoms with Crippen LogP contribution in [0.15, 0.2) is 48.5 Å². The van der Waals surface area contributed by atoms with Crippen LogP contribution in [-0.2, 0) is 4.79 Å². The standard InChI is InChI=1S/C23H30N2O3/c1-17-12-18(2)14-22(13-17)28-16-21(26)15-25-10-8-19(9-11-25)23(27)24-20-6-4-3-5-7-20/h3-7,12-14,19,21,26H,8-11,15-16H2,1-2H3,(H,24,27)/t21-/m1/s1. The van der Waals surface area contributed by atoms with Gasteiger partial charge in [0.2, 0.25) is 5.91 Å². The number of aliphatic hydroxyl groups excluding tert-OH is 1. The smallest absolute Gasteiger partial charge is 0.227 e. The SMILES string of the molecule is Cc1cc(C)cc(OC[C@H](O)CN2CCC(C(=O)Nc3ccccc3)CC2)c1. The lowest BCUT2D eigenvalue weighted by Crippen LogP contribution is -2.42. The Balaban J connectivity index is 1.39. The average molecular weight is 383 g/mol. The minimum absolute atomic E-state index is 0.0279. The maximum Gasteiger partial charge on any atom is 0.227 e. The zero-order chi connectivity index (χ0) is 19.9. The number of para-hydroxylation sites is 1. The van der Waals surface area contributed by atoms with E-state index in [1.54, 1.807) is 0 Å². The molecule has 0 saturated carbocycles. The third-order valence-electron chi connectivity index (χ3n) is 5.11. The van der Waals surface area contributed by atoms with E-state index in [9.17, 15) is 9.90 Å². The number of amides is 1. The third kappa shape index (κ3) is 6.08. The number of nitrogens with zero attached hydrogens (tertiary/aromatic N) is 1. The van der Waals surface area contributed by atoms with Crippen molar-refractivity contribution >= 4 is 11.6 Å². The van der Waals surface area contributed by atoms with Gasteiger partial charge in [-0.15, -0.1) is 0 Å². The van der Waals surface area contributed by atoms with Gasteiger partial charge in [-0.2, -0.15) is 0 Å². The Morgan fingerprint density at radius 1 is 1.14 bits per heavy atom. The lowest BCUT2D eigenvalue weighted by molar-refractivity contribution is -0.121. The minimum Gasteiger partial charge on any atom is -0.491 e. The molecule has 2 N–H and O–H groups in total. The fourth-order valence-corrected chi connectivity index (χ4v) is 3.70. The summed E-state index contributed by atoms with van der Waals surface area (Å²) in [5.41, 5.74) is 3.15. The van der Waals surface area contributed by atoms with Crippen LogP contribution in [0.25, 0.3) is 0 Å². The van der Waals surface area contributed by atoms with Crippen molar-refractivity contribution in [1.82, 2.24) is 4.90 Å². The Bertz CT molecular complexity index is 750. The predicted octanol–water partition coefficient (Wildman–Crippen LogP) is 3.39. The Morgan fingerprint density at radius 3 is 2.43 bits per heavy atom. The van der Waals surface area contributed by atoms with Crippen molar-refractivity contribution in [3.05, 3.63) is 59.7 Å². The first-order chi connectivity index (χ1) is 13.5. The molecule has 1 saturated heterocycles.